The highest BCUT2D eigenvalue weighted by molar-refractivity contribution is 5.01. The van der Waals surface area contributed by atoms with Gasteiger partial charge in [0.25, 0.3) is 0 Å². The molecule has 0 unspecified atom stereocenters. The van der Waals surface area contributed by atoms with Crippen LogP contribution in [0.1, 0.15) is 18.8 Å². The SMILES string of the molecule is Cc1nc(=O)n([C@@H]2O[C@H](C)[C@@H](O)[C@H]2O)cc1F. The summed E-state index contributed by atoms with van der Waals surface area (Å²) in [6.07, 6.45) is -3.23. The predicted molar refractivity (Wildman–Crippen MR) is 54.8 cm³/mol. The van der Waals surface area contributed by atoms with E-state index >= 15 is 0 Å². The molecular weight excluding hydrogens is 231 g/mol. The van der Waals surface area contributed by atoms with Gasteiger partial charge >= 0.3 is 5.69 Å². The molecule has 2 rings (SSSR count). The molecule has 1 aromatic rings. The zero-order valence-electron chi connectivity index (χ0n) is 9.37. The summed E-state index contributed by atoms with van der Waals surface area (Å²) in [6, 6.07) is 0. The molecule has 6 nitrogen and oxygen atoms in total. The van der Waals surface area contributed by atoms with E-state index < -0.39 is 36.0 Å². The lowest BCUT2D eigenvalue weighted by Gasteiger charge is -2.17. The van der Waals surface area contributed by atoms with Crippen molar-refractivity contribution in [2.24, 2.45) is 0 Å². The number of aromatic nitrogens is 2. The Morgan fingerprint density at radius 3 is 2.65 bits per heavy atom. The van der Waals surface area contributed by atoms with E-state index in [1.807, 2.05) is 0 Å². The third-order valence-electron chi connectivity index (χ3n) is 2.83. The van der Waals surface area contributed by atoms with Gasteiger partial charge in [-0.3, -0.25) is 4.57 Å². The fourth-order valence-corrected chi connectivity index (χ4v) is 1.77. The molecule has 0 amide bonds. The Labute approximate surface area is 96.3 Å². The molecule has 1 aliphatic rings. The van der Waals surface area contributed by atoms with E-state index in [-0.39, 0.29) is 5.69 Å². The molecule has 0 saturated carbocycles. The molecule has 94 valence electrons. The molecular formula is C10H13FN2O4. The highest BCUT2D eigenvalue weighted by Crippen LogP contribution is 2.27. The lowest BCUT2D eigenvalue weighted by molar-refractivity contribution is -0.0356. The molecule has 0 radical (unpaired) electrons. The number of aryl methyl sites for hydroxylation is 1. The van der Waals surface area contributed by atoms with Crippen LogP contribution in [0, 0.1) is 12.7 Å². The van der Waals surface area contributed by atoms with Gasteiger partial charge in [-0.05, 0) is 13.8 Å². The van der Waals surface area contributed by atoms with Crippen LogP contribution in [-0.2, 0) is 4.74 Å². The van der Waals surface area contributed by atoms with E-state index in [4.69, 9.17) is 4.74 Å². The van der Waals surface area contributed by atoms with Gasteiger partial charge in [0.15, 0.2) is 12.0 Å². The van der Waals surface area contributed by atoms with Crippen LogP contribution in [0.3, 0.4) is 0 Å². The van der Waals surface area contributed by atoms with Gasteiger partial charge in [-0.1, -0.05) is 0 Å². The Morgan fingerprint density at radius 1 is 1.47 bits per heavy atom. The molecule has 1 saturated heterocycles. The highest BCUT2D eigenvalue weighted by Gasteiger charge is 2.41. The van der Waals surface area contributed by atoms with Crippen molar-refractivity contribution in [3.8, 4) is 0 Å². The number of rotatable bonds is 1. The van der Waals surface area contributed by atoms with Crippen LogP contribution in [0.4, 0.5) is 4.39 Å². The van der Waals surface area contributed by atoms with Crippen molar-refractivity contribution in [2.75, 3.05) is 0 Å². The van der Waals surface area contributed by atoms with E-state index in [0.29, 0.717) is 0 Å². The summed E-state index contributed by atoms with van der Waals surface area (Å²) in [5, 5.41) is 19.2. The maximum absolute atomic E-state index is 13.3. The Balaban J connectivity index is 2.42. The van der Waals surface area contributed by atoms with Gasteiger partial charge < -0.3 is 14.9 Å². The van der Waals surface area contributed by atoms with Crippen LogP contribution >= 0.6 is 0 Å². The number of nitrogens with zero attached hydrogens (tertiary/aromatic N) is 2. The fraction of sp³-hybridized carbons (Fsp3) is 0.600. The van der Waals surface area contributed by atoms with Crippen LogP contribution in [0.15, 0.2) is 11.0 Å². The summed E-state index contributed by atoms with van der Waals surface area (Å²) >= 11 is 0. The largest absolute Gasteiger partial charge is 0.388 e. The molecule has 17 heavy (non-hydrogen) atoms. The standard InChI is InChI=1S/C10H13FN2O4/c1-4-6(11)3-13(10(16)12-4)9-8(15)7(14)5(2)17-9/h3,5,7-9,14-15H,1-2H3/t5-,7-,8-,9-/m1/s1. The predicted octanol–water partition coefficient (Wildman–Crippen LogP) is -0.670. The summed E-state index contributed by atoms with van der Waals surface area (Å²) in [6.45, 7) is 2.92. The second-order valence-corrected chi connectivity index (χ2v) is 4.08. The number of hydrogen-bond acceptors (Lipinski definition) is 5. The van der Waals surface area contributed by atoms with Crippen molar-refractivity contribution in [1.82, 2.24) is 9.55 Å². The number of ether oxygens (including phenoxy) is 1. The van der Waals surface area contributed by atoms with Crippen molar-refractivity contribution < 1.29 is 19.3 Å². The summed E-state index contributed by atoms with van der Waals surface area (Å²) in [4.78, 5) is 15.0. The average Bonchev–Trinajstić information content (AvgIpc) is 2.51. The lowest BCUT2D eigenvalue weighted by atomic mass is 10.1. The van der Waals surface area contributed by atoms with Gasteiger partial charge in [-0.15, -0.1) is 0 Å². The molecule has 1 fully saturated rings. The first kappa shape index (κ1) is 12.2. The van der Waals surface area contributed by atoms with Crippen LogP contribution < -0.4 is 5.69 Å². The van der Waals surface area contributed by atoms with E-state index in [1.165, 1.54) is 6.92 Å². The molecule has 4 atom stereocenters. The molecule has 0 aliphatic carbocycles. The van der Waals surface area contributed by atoms with E-state index in [2.05, 4.69) is 4.98 Å². The van der Waals surface area contributed by atoms with Crippen molar-refractivity contribution >= 4 is 0 Å². The minimum absolute atomic E-state index is 0.0210. The van der Waals surface area contributed by atoms with Crippen molar-refractivity contribution in [2.45, 2.75) is 38.4 Å². The van der Waals surface area contributed by atoms with Gasteiger partial charge in [0.2, 0.25) is 0 Å². The number of aliphatic hydroxyl groups excluding tert-OH is 2. The van der Waals surface area contributed by atoms with Gasteiger partial charge in [0.05, 0.1) is 11.8 Å². The Morgan fingerprint density at radius 2 is 2.12 bits per heavy atom. The summed E-state index contributed by atoms with van der Waals surface area (Å²) < 4.78 is 19.4. The van der Waals surface area contributed by atoms with Crippen LogP contribution in [-0.4, -0.2) is 38.1 Å². The van der Waals surface area contributed by atoms with Crippen LogP contribution in [0.5, 0.6) is 0 Å². The maximum atomic E-state index is 13.3. The molecule has 0 spiro atoms. The molecule has 2 N–H and O–H groups in total. The number of hydrogen-bond donors (Lipinski definition) is 2. The smallest absolute Gasteiger partial charge is 0.350 e. The molecule has 2 heterocycles. The Kier molecular flexibility index (Phi) is 2.98. The zero-order valence-corrected chi connectivity index (χ0v) is 9.37. The van der Waals surface area contributed by atoms with E-state index in [1.54, 1.807) is 6.92 Å². The summed E-state index contributed by atoms with van der Waals surface area (Å²) in [5.41, 5.74) is -0.749. The number of halogens is 1. The Bertz CT molecular complexity index is 490. The summed E-state index contributed by atoms with van der Waals surface area (Å²) in [5.74, 6) is -0.672. The monoisotopic (exact) mass is 244 g/mol. The van der Waals surface area contributed by atoms with Crippen molar-refractivity contribution in [3.05, 3.63) is 28.2 Å². The molecule has 0 bridgehead atoms. The fourth-order valence-electron chi connectivity index (χ4n) is 1.77. The first-order valence-corrected chi connectivity index (χ1v) is 5.18. The first-order chi connectivity index (χ1) is 7.91. The summed E-state index contributed by atoms with van der Waals surface area (Å²) in [7, 11) is 0. The zero-order chi connectivity index (χ0) is 12.7. The van der Waals surface area contributed by atoms with Crippen LogP contribution in [0.2, 0.25) is 0 Å². The Hall–Kier alpha value is -1.31. The van der Waals surface area contributed by atoms with Gasteiger partial charge in [0.1, 0.15) is 12.2 Å². The normalized spacial score (nSPS) is 33.0. The molecule has 0 aromatic carbocycles. The topological polar surface area (TPSA) is 84.6 Å². The van der Waals surface area contributed by atoms with Gasteiger partial charge in [-0.25, -0.2) is 9.18 Å². The maximum Gasteiger partial charge on any atom is 0.350 e. The van der Waals surface area contributed by atoms with E-state index in [0.717, 1.165) is 10.8 Å². The molecule has 1 aliphatic heterocycles. The third-order valence-corrected chi connectivity index (χ3v) is 2.83. The first-order valence-electron chi connectivity index (χ1n) is 5.18. The minimum atomic E-state index is -1.29. The van der Waals surface area contributed by atoms with Gasteiger partial charge in [0, 0.05) is 6.20 Å². The minimum Gasteiger partial charge on any atom is -0.388 e. The number of aliphatic hydroxyl groups is 2. The van der Waals surface area contributed by atoms with Gasteiger partial charge in [-0.2, -0.15) is 4.98 Å². The quantitative estimate of drug-likeness (QED) is 0.684. The third kappa shape index (κ3) is 1.97. The van der Waals surface area contributed by atoms with E-state index in [9.17, 15) is 19.4 Å². The molecule has 7 heteroatoms. The van der Waals surface area contributed by atoms with Crippen LogP contribution in [0.25, 0.3) is 0 Å². The second-order valence-electron chi connectivity index (χ2n) is 4.08. The second kappa shape index (κ2) is 4.17. The van der Waals surface area contributed by atoms with Crippen molar-refractivity contribution in [1.29, 1.82) is 0 Å². The highest BCUT2D eigenvalue weighted by atomic mass is 19.1. The lowest BCUT2D eigenvalue weighted by Crippen LogP contribution is -2.35. The molecule has 1 aromatic heterocycles. The van der Waals surface area contributed by atoms with Crippen molar-refractivity contribution in [3.63, 3.8) is 0 Å². The average molecular weight is 244 g/mol.